The Balaban J connectivity index is 3.10. The summed E-state index contributed by atoms with van der Waals surface area (Å²) < 4.78 is 0. The van der Waals surface area contributed by atoms with E-state index in [1.165, 1.54) is 25.7 Å². The van der Waals surface area contributed by atoms with Crippen molar-refractivity contribution in [1.82, 2.24) is 0 Å². The van der Waals surface area contributed by atoms with Crippen LogP contribution < -0.4 is 0 Å². The summed E-state index contributed by atoms with van der Waals surface area (Å²) in [4.78, 5) is 9.91. The maximum absolute atomic E-state index is 9.91. The molecule has 0 aliphatic rings. The van der Waals surface area contributed by atoms with Gasteiger partial charge in [0.25, 0.3) is 0 Å². The van der Waals surface area contributed by atoms with Crippen LogP contribution in [0.5, 0.6) is 0 Å². The van der Waals surface area contributed by atoms with Crippen LogP contribution in [0.2, 0.25) is 0 Å². The second kappa shape index (κ2) is 8.51. The van der Waals surface area contributed by atoms with Crippen LogP contribution in [0.3, 0.4) is 0 Å². The van der Waals surface area contributed by atoms with Crippen LogP contribution >= 0.6 is 0 Å². The molecular formula is C11H20O. The minimum Gasteiger partial charge on any atom is -0.299 e. The number of carbonyl (C=O) groups is 1. The molecule has 0 radical (unpaired) electrons. The lowest BCUT2D eigenvalue weighted by Crippen LogP contribution is -1.90. The molecule has 0 saturated heterocycles. The average Bonchev–Trinajstić information content (AvgIpc) is 2.10. The summed E-state index contributed by atoms with van der Waals surface area (Å²) in [5.74, 6) is 0.861. The van der Waals surface area contributed by atoms with Crippen LogP contribution in [-0.4, -0.2) is 6.29 Å². The highest BCUT2D eigenvalue weighted by Crippen LogP contribution is 2.11. The third-order valence-corrected chi connectivity index (χ3v) is 2.23. The summed E-state index contributed by atoms with van der Waals surface area (Å²) >= 11 is 0. The van der Waals surface area contributed by atoms with Gasteiger partial charge < -0.3 is 0 Å². The molecule has 0 fully saturated rings. The SMILES string of the molecule is CC[C@H](C)CCCC/C=C/C=O. The van der Waals surface area contributed by atoms with E-state index in [2.05, 4.69) is 13.8 Å². The van der Waals surface area contributed by atoms with Crippen LogP contribution in [0.4, 0.5) is 0 Å². The Morgan fingerprint density at radius 1 is 1.33 bits per heavy atom. The molecule has 0 amide bonds. The molecule has 12 heavy (non-hydrogen) atoms. The van der Waals surface area contributed by atoms with E-state index in [1.54, 1.807) is 6.08 Å². The molecule has 0 aromatic rings. The standard InChI is InChI=1S/C11H20O/c1-3-11(2)9-7-5-4-6-8-10-12/h6,8,10-11H,3-5,7,9H2,1-2H3/b8-6+/t11-/m0/s1. The van der Waals surface area contributed by atoms with Crippen molar-refractivity contribution in [2.24, 2.45) is 5.92 Å². The first-order valence-electron chi connectivity index (χ1n) is 4.91. The minimum atomic E-state index is 0.842. The predicted molar refractivity (Wildman–Crippen MR) is 53.1 cm³/mol. The van der Waals surface area contributed by atoms with Gasteiger partial charge in [0, 0.05) is 0 Å². The molecule has 0 bridgehead atoms. The Morgan fingerprint density at radius 3 is 2.67 bits per heavy atom. The quantitative estimate of drug-likeness (QED) is 0.324. The average molecular weight is 168 g/mol. The van der Waals surface area contributed by atoms with Gasteiger partial charge >= 0.3 is 0 Å². The summed E-state index contributed by atoms with van der Waals surface area (Å²) in [6.07, 6.45) is 10.5. The summed E-state index contributed by atoms with van der Waals surface area (Å²) in [7, 11) is 0. The number of unbranched alkanes of at least 4 members (excludes halogenated alkanes) is 2. The molecule has 1 atom stereocenters. The smallest absolute Gasteiger partial charge is 0.142 e. The van der Waals surface area contributed by atoms with Crippen molar-refractivity contribution in [1.29, 1.82) is 0 Å². The van der Waals surface area contributed by atoms with Crippen molar-refractivity contribution >= 4 is 6.29 Å². The van der Waals surface area contributed by atoms with Gasteiger partial charge in [0.1, 0.15) is 6.29 Å². The Morgan fingerprint density at radius 2 is 2.08 bits per heavy atom. The number of allylic oxidation sites excluding steroid dienone is 2. The molecule has 0 rings (SSSR count). The van der Waals surface area contributed by atoms with Gasteiger partial charge in [-0.3, -0.25) is 4.79 Å². The summed E-state index contributed by atoms with van der Waals surface area (Å²) in [6.45, 7) is 4.53. The van der Waals surface area contributed by atoms with Crippen molar-refractivity contribution in [3.63, 3.8) is 0 Å². The van der Waals surface area contributed by atoms with E-state index in [4.69, 9.17) is 0 Å². The number of aldehydes is 1. The van der Waals surface area contributed by atoms with Gasteiger partial charge in [-0.25, -0.2) is 0 Å². The molecule has 0 aliphatic carbocycles. The second-order valence-corrected chi connectivity index (χ2v) is 3.36. The Labute approximate surface area is 75.9 Å². The zero-order valence-electron chi connectivity index (χ0n) is 8.25. The molecule has 0 saturated carbocycles. The lowest BCUT2D eigenvalue weighted by molar-refractivity contribution is -0.104. The highest BCUT2D eigenvalue weighted by Gasteiger charge is 1.96. The summed E-state index contributed by atoms with van der Waals surface area (Å²) in [6, 6.07) is 0. The first-order valence-corrected chi connectivity index (χ1v) is 4.91. The lowest BCUT2D eigenvalue weighted by atomic mass is 10.0. The van der Waals surface area contributed by atoms with E-state index in [1.807, 2.05) is 6.08 Å². The van der Waals surface area contributed by atoms with E-state index in [-0.39, 0.29) is 0 Å². The zero-order valence-corrected chi connectivity index (χ0v) is 8.25. The fourth-order valence-electron chi connectivity index (χ4n) is 1.11. The van der Waals surface area contributed by atoms with Gasteiger partial charge in [-0.1, -0.05) is 39.2 Å². The first-order chi connectivity index (χ1) is 5.81. The van der Waals surface area contributed by atoms with E-state index >= 15 is 0 Å². The van der Waals surface area contributed by atoms with Crippen LogP contribution in [0.25, 0.3) is 0 Å². The van der Waals surface area contributed by atoms with Crippen LogP contribution in [0.15, 0.2) is 12.2 Å². The molecule has 0 unspecified atom stereocenters. The molecule has 1 nitrogen and oxygen atoms in total. The number of hydrogen-bond donors (Lipinski definition) is 0. The third kappa shape index (κ3) is 7.52. The molecule has 1 heteroatoms. The Hall–Kier alpha value is -0.590. The fourth-order valence-corrected chi connectivity index (χ4v) is 1.11. The van der Waals surface area contributed by atoms with Crippen LogP contribution in [0.1, 0.15) is 46.0 Å². The normalized spacial score (nSPS) is 13.5. The van der Waals surface area contributed by atoms with Gasteiger partial charge in [0.05, 0.1) is 0 Å². The first kappa shape index (κ1) is 11.4. The Bertz CT molecular complexity index is 127. The van der Waals surface area contributed by atoms with Crippen molar-refractivity contribution in [3.8, 4) is 0 Å². The molecule has 0 spiro atoms. The highest BCUT2D eigenvalue weighted by molar-refractivity contribution is 5.64. The monoisotopic (exact) mass is 168 g/mol. The van der Waals surface area contributed by atoms with E-state index in [9.17, 15) is 4.79 Å². The number of hydrogen-bond acceptors (Lipinski definition) is 1. The zero-order chi connectivity index (χ0) is 9.23. The topological polar surface area (TPSA) is 17.1 Å². The molecule has 0 heterocycles. The Kier molecular flexibility index (Phi) is 8.09. The maximum atomic E-state index is 9.91. The molecule has 0 aromatic heterocycles. The van der Waals surface area contributed by atoms with Crippen LogP contribution in [0, 0.1) is 5.92 Å². The molecule has 70 valence electrons. The third-order valence-electron chi connectivity index (χ3n) is 2.23. The van der Waals surface area contributed by atoms with Gasteiger partial charge in [-0.2, -0.15) is 0 Å². The van der Waals surface area contributed by atoms with E-state index in [0.29, 0.717) is 0 Å². The molecule has 0 aliphatic heterocycles. The largest absolute Gasteiger partial charge is 0.299 e. The summed E-state index contributed by atoms with van der Waals surface area (Å²) in [5.41, 5.74) is 0. The van der Waals surface area contributed by atoms with Crippen molar-refractivity contribution in [2.45, 2.75) is 46.0 Å². The fraction of sp³-hybridized carbons (Fsp3) is 0.727. The van der Waals surface area contributed by atoms with Crippen molar-refractivity contribution in [2.75, 3.05) is 0 Å². The summed E-state index contributed by atoms with van der Waals surface area (Å²) in [5, 5.41) is 0. The number of carbonyl (C=O) groups excluding carboxylic acids is 1. The number of rotatable bonds is 7. The maximum Gasteiger partial charge on any atom is 0.142 e. The van der Waals surface area contributed by atoms with Crippen molar-refractivity contribution in [3.05, 3.63) is 12.2 Å². The van der Waals surface area contributed by atoms with Gasteiger partial charge in [0.15, 0.2) is 0 Å². The van der Waals surface area contributed by atoms with E-state index < -0.39 is 0 Å². The van der Waals surface area contributed by atoms with Gasteiger partial charge in [-0.05, 0) is 24.8 Å². The second-order valence-electron chi connectivity index (χ2n) is 3.36. The van der Waals surface area contributed by atoms with Crippen LogP contribution in [-0.2, 0) is 4.79 Å². The van der Waals surface area contributed by atoms with E-state index in [0.717, 1.165) is 18.6 Å². The lowest BCUT2D eigenvalue weighted by Gasteiger charge is -2.05. The van der Waals surface area contributed by atoms with Crippen molar-refractivity contribution < 1.29 is 4.79 Å². The van der Waals surface area contributed by atoms with Gasteiger partial charge in [0.2, 0.25) is 0 Å². The molecule has 0 aromatic carbocycles. The molecular weight excluding hydrogens is 148 g/mol. The minimum absolute atomic E-state index is 0.842. The highest BCUT2D eigenvalue weighted by atomic mass is 16.1. The van der Waals surface area contributed by atoms with Gasteiger partial charge in [-0.15, -0.1) is 0 Å². The molecule has 0 N–H and O–H groups in total. The predicted octanol–water partition coefficient (Wildman–Crippen LogP) is 3.35.